The molecular weight excluding hydrogens is 274 g/mol. The molecule has 2 atom stereocenters. The predicted molar refractivity (Wildman–Crippen MR) is 81.0 cm³/mol. The number of hydrogen-bond donors (Lipinski definition) is 1. The van der Waals surface area contributed by atoms with Crippen molar-refractivity contribution < 1.29 is 13.2 Å². The highest BCUT2D eigenvalue weighted by molar-refractivity contribution is 7.90. The third-order valence-electron chi connectivity index (χ3n) is 3.54. The summed E-state index contributed by atoms with van der Waals surface area (Å²) in [5, 5.41) is 3.44. The van der Waals surface area contributed by atoms with Gasteiger partial charge in [-0.3, -0.25) is 0 Å². The van der Waals surface area contributed by atoms with E-state index >= 15 is 0 Å². The first-order valence-corrected chi connectivity index (χ1v) is 9.09. The van der Waals surface area contributed by atoms with Gasteiger partial charge in [0.05, 0.1) is 12.4 Å². The summed E-state index contributed by atoms with van der Waals surface area (Å²) in [6.45, 7) is 4.68. The van der Waals surface area contributed by atoms with Crippen molar-refractivity contribution in [2.24, 2.45) is 0 Å². The van der Waals surface area contributed by atoms with Gasteiger partial charge < -0.3 is 10.1 Å². The zero-order chi connectivity index (χ0) is 14.8. The van der Waals surface area contributed by atoms with E-state index in [0.29, 0.717) is 0 Å². The van der Waals surface area contributed by atoms with E-state index in [-0.39, 0.29) is 17.8 Å². The van der Waals surface area contributed by atoms with Crippen molar-refractivity contribution in [3.63, 3.8) is 0 Å². The van der Waals surface area contributed by atoms with Crippen LogP contribution in [0.3, 0.4) is 0 Å². The van der Waals surface area contributed by atoms with Gasteiger partial charge in [-0.15, -0.1) is 0 Å². The second-order valence-electron chi connectivity index (χ2n) is 5.70. The lowest BCUT2D eigenvalue weighted by Crippen LogP contribution is -2.35. The summed E-state index contributed by atoms with van der Waals surface area (Å²) < 4.78 is 28.6. The van der Waals surface area contributed by atoms with E-state index in [0.717, 1.165) is 36.3 Å². The quantitative estimate of drug-likeness (QED) is 0.926. The molecule has 20 heavy (non-hydrogen) atoms. The summed E-state index contributed by atoms with van der Waals surface area (Å²) in [6.07, 6.45) is 3.21. The lowest BCUT2D eigenvalue weighted by molar-refractivity contribution is 0.313. The van der Waals surface area contributed by atoms with Crippen LogP contribution in [-0.2, 0) is 9.84 Å². The van der Waals surface area contributed by atoms with Crippen molar-refractivity contribution in [1.29, 1.82) is 0 Å². The fourth-order valence-electron chi connectivity index (χ4n) is 2.78. The van der Waals surface area contributed by atoms with Gasteiger partial charge in [0.2, 0.25) is 0 Å². The molecule has 1 aliphatic rings. The van der Waals surface area contributed by atoms with Gasteiger partial charge >= 0.3 is 0 Å². The molecule has 0 fully saturated rings. The highest BCUT2D eigenvalue weighted by Gasteiger charge is 2.23. The van der Waals surface area contributed by atoms with Gasteiger partial charge in [-0.2, -0.15) is 0 Å². The number of sulfone groups is 1. The van der Waals surface area contributed by atoms with Crippen LogP contribution in [0.1, 0.15) is 36.9 Å². The van der Waals surface area contributed by atoms with Crippen LogP contribution < -0.4 is 10.1 Å². The molecule has 0 saturated carbocycles. The maximum atomic E-state index is 11.4. The Labute approximate surface area is 121 Å². The lowest BCUT2D eigenvalue weighted by Gasteiger charge is -2.23. The summed E-state index contributed by atoms with van der Waals surface area (Å²) in [4.78, 5) is 0. The summed E-state index contributed by atoms with van der Waals surface area (Å²) in [5.74, 6) is 1.11. The largest absolute Gasteiger partial charge is 0.493 e. The molecule has 0 radical (unpaired) electrons. The number of ether oxygens (including phenoxy) is 1. The summed E-state index contributed by atoms with van der Waals surface area (Å²) in [7, 11) is -2.96. The van der Waals surface area contributed by atoms with Gasteiger partial charge in [-0.25, -0.2) is 8.42 Å². The SMILES string of the molecule is Cc1cccc2c1OCCCC2NC(C)CS(C)(=O)=O. The summed E-state index contributed by atoms with van der Waals surface area (Å²) >= 11 is 0. The van der Waals surface area contributed by atoms with Crippen LogP contribution in [0.15, 0.2) is 18.2 Å². The van der Waals surface area contributed by atoms with Crippen LogP contribution >= 0.6 is 0 Å². The fourth-order valence-corrected chi connectivity index (χ4v) is 3.79. The van der Waals surface area contributed by atoms with Crippen molar-refractivity contribution in [2.45, 2.75) is 38.8 Å². The number of rotatable bonds is 4. The van der Waals surface area contributed by atoms with E-state index in [4.69, 9.17) is 4.74 Å². The van der Waals surface area contributed by atoms with Gasteiger partial charge in [-0.05, 0) is 32.3 Å². The smallest absolute Gasteiger partial charge is 0.148 e. The number of fused-ring (bicyclic) bond motifs is 1. The Morgan fingerprint density at radius 2 is 2.20 bits per heavy atom. The van der Waals surface area contributed by atoms with Crippen molar-refractivity contribution in [2.75, 3.05) is 18.6 Å². The minimum Gasteiger partial charge on any atom is -0.493 e. The Hall–Kier alpha value is -1.07. The monoisotopic (exact) mass is 297 g/mol. The van der Waals surface area contributed by atoms with E-state index in [2.05, 4.69) is 11.4 Å². The third kappa shape index (κ3) is 3.96. The number of aryl methyl sites for hydroxylation is 1. The van der Waals surface area contributed by atoms with Crippen LogP contribution in [0.5, 0.6) is 5.75 Å². The normalized spacial score (nSPS) is 20.6. The highest BCUT2D eigenvalue weighted by Crippen LogP contribution is 2.34. The van der Waals surface area contributed by atoms with Crippen LogP contribution in [0.25, 0.3) is 0 Å². The minimum atomic E-state index is -2.96. The number of para-hydroxylation sites is 1. The molecule has 4 nitrogen and oxygen atoms in total. The second kappa shape index (κ2) is 6.14. The molecular formula is C15H23NO3S. The Morgan fingerprint density at radius 1 is 1.45 bits per heavy atom. The van der Waals surface area contributed by atoms with Gasteiger partial charge in [0, 0.05) is 23.9 Å². The maximum absolute atomic E-state index is 11.4. The molecule has 0 spiro atoms. The van der Waals surface area contributed by atoms with Gasteiger partial charge in [0.25, 0.3) is 0 Å². The number of nitrogens with one attached hydrogen (secondary N) is 1. The Kier molecular flexibility index (Phi) is 4.70. The molecule has 1 N–H and O–H groups in total. The standard InChI is InChI=1S/C15H23NO3S/c1-11-6-4-7-13-14(8-5-9-19-15(11)13)16-12(2)10-20(3,17)18/h4,6-7,12,14,16H,5,8-10H2,1-3H3. The molecule has 1 aliphatic heterocycles. The highest BCUT2D eigenvalue weighted by atomic mass is 32.2. The van der Waals surface area contributed by atoms with E-state index in [1.54, 1.807) is 0 Å². The molecule has 1 aromatic carbocycles. The topological polar surface area (TPSA) is 55.4 Å². The summed E-state index contributed by atoms with van der Waals surface area (Å²) in [5.41, 5.74) is 2.27. The third-order valence-corrected chi connectivity index (χ3v) is 4.65. The first-order valence-electron chi connectivity index (χ1n) is 7.03. The van der Waals surface area contributed by atoms with Gasteiger partial charge in [0.1, 0.15) is 15.6 Å². The lowest BCUT2D eigenvalue weighted by atomic mass is 9.99. The molecule has 1 heterocycles. The first-order chi connectivity index (χ1) is 9.37. The molecule has 0 amide bonds. The van der Waals surface area contributed by atoms with Gasteiger partial charge in [-0.1, -0.05) is 18.2 Å². The molecule has 5 heteroatoms. The minimum absolute atomic E-state index is 0.0681. The van der Waals surface area contributed by atoms with Gasteiger partial charge in [0.15, 0.2) is 0 Å². The predicted octanol–water partition coefficient (Wildman–Crippen LogP) is 2.23. The molecule has 2 unspecified atom stereocenters. The van der Waals surface area contributed by atoms with Crippen LogP contribution in [-0.4, -0.2) is 33.1 Å². The van der Waals surface area contributed by atoms with Crippen molar-refractivity contribution in [3.05, 3.63) is 29.3 Å². The van der Waals surface area contributed by atoms with E-state index < -0.39 is 9.84 Å². The zero-order valence-electron chi connectivity index (χ0n) is 12.3. The average Bonchev–Trinajstić information content (AvgIpc) is 2.51. The molecule has 1 aromatic rings. The van der Waals surface area contributed by atoms with Crippen LogP contribution in [0.2, 0.25) is 0 Å². The van der Waals surface area contributed by atoms with Crippen molar-refractivity contribution >= 4 is 9.84 Å². The molecule has 0 saturated heterocycles. The van der Waals surface area contributed by atoms with E-state index in [1.807, 2.05) is 26.0 Å². The fraction of sp³-hybridized carbons (Fsp3) is 0.600. The van der Waals surface area contributed by atoms with E-state index in [1.165, 1.54) is 6.26 Å². The van der Waals surface area contributed by atoms with Crippen molar-refractivity contribution in [1.82, 2.24) is 5.32 Å². The maximum Gasteiger partial charge on any atom is 0.148 e. The Bertz CT molecular complexity index is 568. The average molecular weight is 297 g/mol. The molecule has 0 aliphatic carbocycles. The van der Waals surface area contributed by atoms with Crippen molar-refractivity contribution in [3.8, 4) is 5.75 Å². The Balaban J connectivity index is 2.19. The molecule has 0 aromatic heterocycles. The molecule has 0 bridgehead atoms. The van der Waals surface area contributed by atoms with Crippen LogP contribution in [0.4, 0.5) is 0 Å². The van der Waals surface area contributed by atoms with Crippen LogP contribution in [0, 0.1) is 6.92 Å². The molecule has 2 rings (SSSR count). The number of hydrogen-bond acceptors (Lipinski definition) is 4. The zero-order valence-corrected chi connectivity index (χ0v) is 13.2. The Morgan fingerprint density at radius 3 is 2.90 bits per heavy atom. The second-order valence-corrected chi connectivity index (χ2v) is 7.88. The van der Waals surface area contributed by atoms with E-state index in [9.17, 15) is 8.42 Å². The number of benzene rings is 1. The molecule has 112 valence electrons. The summed E-state index contributed by atoms with van der Waals surface area (Å²) in [6, 6.07) is 6.23. The first kappa shape index (κ1) is 15.3.